The first-order valence-electron chi connectivity index (χ1n) is 4.94. The standard InChI is InChI=1S/C10H15N3O/c1-13(6-8-2-3-8)10-5-4-9(7-14)11-12-10/h4-5,8,14H,2-3,6-7H2,1H3. The zero-order valence-corrected chi connectivity index (χ0v) is 8.35. The van der Waals surface area contributed by atoms with E-state index < -0.39 is 0 Å². The number of rotatable bonds is 4. The van der Waals surface area contributed by atoms with Gasteiger partial charge in [0, 0.05) is 13.6 Å². The second-order valence-electron chi connectivity index (χ2n) is 3.86. The van der Waals surface area contributed by atoms with Crippen molar-refractivity contribution in [1.82, 2.24) is 10.2 Å². The molecule has 1 aliphatic rings. The molecule has 0 spiro atoms. The van der Waals surface area contributed by atoms with Gasteiger partial charge in [0.1, 0.15) is 0 Å². The summed E-state index contributed by atoms with van der Waals surface area (Å²) in [5.74, 6) is 1.73. The Morgan fingerprint density at radius 3 is 2.71 bits per heavy atom. The predicted octanol–water partition coefficient (Wildman–Crippen LogP) is 0.815. The fourth-order valence-corrected chi connectivity index (χ4v) is 1.42. The topological polar surface area (TPSA) is 49.2 Å². The van der Waals surface area contributed by atoms with Crippen molar-refractivity contribution in [3.63, 3.8) is 0 Å². The summed E-state index contributed by atoms with van der Waals surface area (Å²) in [6.07, 6.45) is 2.68. The Balaban J connectivity index is 1.99. The second-order valence-corrected chi connectivity index (χ2v) is 3.86. The zero-order valence-electron chi connectivity index (χ0n) is 8.35. The van der Waals surface area contributed by atoms with Gasteiger partial charge in [0.15, 0.2) is 5.82 Å². The van der Waals surface area contributed by atoms with Crippen LogP contribution in [0.3, 0.4) is 0 Å². The number of anilines is 1. The van der Waals surface area contributed by atoms with Crippen molar-refractivity contribution >= 4 is 5.82 Å². The maximum Gasteiger partial charge on any atom is 0.150 e. The van der Waals surface area contributed by atoms with Gasteiger partial charge in [-0.3, -0.25) is 0 Å². The SMILES string of the molecule is CN(CC1CC1)c1ccc(CO)nn1. The van der Waals surface area contributed by atoms with Crippen LogP contribution in [0.25, 0.3) is 0 Å². The molecule has 1 fully saturated rings. The van der Waals surface area contributed by atoms with Gasteiger partial charge in [-0.25, -0.2) is 0 Å². The molecule has 1 saturated carbocycles. The summed E-state index contributed by atoms with van der Waals surface area (Å²) < 4.78 is 0. The lowest BCUT2D eigenvalue weighted by Crippen LogP contribution is -2.21. The first-order valence-corrected chi connectivity index (χ1v) is 4.94. The van der Waals surface area contributed by atoms with Crippen molar-refractivity contribution in [3.8, 4) is 0 Å². The number of aliphatic hydroxyl groups excluding tert-OH is 1. The normalized spacial score (nSPS) is 15.6. The van der Waals surface area contributed by atoms with E-state index in [0.717, 1.165) is 18.3 Å². The Morgan fingerprint density at radius 2 is 2.21 bits per heavy atom. The van der Waals surface area contributed by atoms with Crippen LogP contribution in [0.1, 0.15) is 18.5 Å². The lowest BCUT2D eigenvalue weighted by molar-refractivity contribution is 0.275. The summed E-state index contributed by atoms with van der Waals surface area (Å²) in [4.78, 5) is 2.12. The van der Waals surface area contributed by atoms with Gasteiger partial charge in [0.25, 0.3) is 0 Å². The largest absolute Gasteiger partial charge is 0.390 e. The van der Waals surface area contributed by atoms with Gasteiger partial charge in [0.2, 0.25) is 0 Å². The maximum atomic E-state index is 8.81. The van der Waals surface area contributed by atoms with Gasteiger partial charge >= 0.3 is 0 Å². The van der Waals surface area contributed by atoms with E-state index in [0.29, 0.717) is 5.69 Å². The van der Waals surface area contributed by atoms with Crippen molar-refractivity contribution < 1.29 is 5.11 Å². The summed E-state index contributed by atoms with van der Waals surface area (Å²) in [5.41, 5.74) is 0.619. The molecule has 4 heteroatoms. The highest BCUT2D eigenvalue weighted by atomic mass is 16.3. The van der Waals surface area contributed by atoms with Crippen molar-refractivity contribution in [1.29, 1.82) is 0 Å². The lowest BCUT2D eigenvalue weighted by Gasteiger charge is -2.16. The number of hydrogen-bond acceptors (Lipinski definition) is 4. The molecule has 0 aliphatic heterocycles. The highest BCUT2D eigenvalue weighted by molar-refractivity contribution is 5.36. The number of aromatic nitrogens is 2. The molecule has 0 saturated heterocycles. The molecular formula is C10H15N3O. The molecule has 4 nitrogen and oxygen atoms in total. The van der Waals surface area contributed by atoms with E-state index in [1.165, 1.54) is 12.8 Å². The summed E-state index contributed by atoms with van der Waals surface area (Å²) in [5, 5.41) is 16.8. The maximum absolute atomic E-state index is 8.81. The van der Waals surface area contributed by atoms with Gasteiger partial charge < -0.3 is 10.0 Å². The van der Waals surface area contributed by atoms with E-state index in [1.54, 1.807) is 0 Å². The number of nitrogens with zero attached hydrogens (tertiary/aromatic N) is 3. The summed E-state index contributed by atoms with van der Waals surface area (Å²) in [7, 11) is 2.03. The van der Waals surface area contributed by atoms with Gasteiger partial charge in [-0.05, 0) is 30.9 Å². The molecular weight excluding hydrogens is 178 g/mol. The fraction of sp³-hybridized carbons (Fsp3) is 0.600. The van der Waals surface area contributed by atoms with Crippen molar-refractivity contribution in [3.05, 3.63) is 17.8 Å². The minimum Gasteiger partial charge on any atom is -0.390 e. The molecule has 1 aliphatic carbocycles. The number of hydrogen-bond donors (Lipinski definition) is 1. The predicted molar refractivity (Wildman–Crippen MR) is 53.9 cm³/mol. The van der Waals surface area contributed by atoms with E-state index in [9.17, 15) is 0 Å². The third kappa shape index (κ3) is 2.20. The van der Waals surface area contributed by atoms with Crippen LogP contribution in [0.15, 0.2) is 12.1 Å². The van der Waals surface area contributed by atoms with E-state index in [2.05, 4.69) is 15.1 Å². The summed E-state index contributed by atoms with van der Waals surface area (Å²) in [6.45, 7) is 1.02. The van der Waals surface area contributed by atoms with E-state index >= 15 is 0 Å². The smallest absolute Gasteiger partial charge is 0.150 e. The first-order chi connectivity index (χ1) is 6.79. The molecule has 14 heavy (non-hydrogen) atoms. The first kappa shape index (κ1) is 9.40. The minimum atomic E-state index is -0.0420. The molecule has 76 valence electrons. The van der Waals surface area contributed by atoms with Crippen molar-refractivity contribution in [2.75, 3.05) is 18.5 Å². The van der Waals surface area contributed by atoms with Gasteiger partial charge in [-0.2, -0.15) is 5.10 Å². The molecule has 0 unspecified atom stereocenters. The molecule has 0 atom stereocenters. The Bertz CT molecular complexity index is 295. The van der Waals surface area contributed by atoms with Crippen LogP contribution < -0.4 is 4.90 Å². The zero-order chi connectivity index (χ0) is 9.97. The van der Waals surface area contributed by atoms with Crippen LogP contribution >= 0.6 is 0 Å². The minimum absolute atomic E-state index is 0.0420. The van der Waals surface area contributed by atoms with Crippen molar-refractivity contribution in [2.45, 2.75) is 19.4 Å². The monoisotopic (exact) mass is 193 g/mol. The molecule has 2 rings (SSSR count). The van der Waals surface area contributed by atoms with Crippen LogP contribution in [-0.4, -0.2) is 28.9 Å². The van der Waals surface area contributed by atoms with Gasteiger partial charge in [-0.1, -0.05) is 0 Å². The average molecular weight is 193 g/mol. The van der Waals surface area contributed by atoms with Crippen LogP contribution in [0.5, 0.6) is 0 Å². The van der Waals surface area contributed by atoms with Crippen LogP contribution in [-0.2, 0) is 6.61 Å². The Hall–Kier alpha value is -1.16. The Morgan fingerprint density at radius 1 is 1.43 bits per heavy atom. The molecule has 0 bridgehead atoms. The highest BCUT2D eigenvalue weighted by Crippen LogP contribution is 2.30. The fourth-order valence-electron chi connectivity index (χ4n) is 1.42. The van der Waals surface area contributed by atoms with Crippen LogP contribution in [0, 0.1) is 5.92 Å². The van der Waals surface area contributed by atoms with Gasteiger partial charge in [-0.15, -0.1) is 5.10 Å². The lowest BCUT2D eigenvalue weighted by atomic mass is 10.3. The molecule has 0 amide bonds. The molecule has 1 aromatic heterocycles. The number of aliphatic hydroxyl groups is 1. The molecule has 1 aromatic rings. The quantitative estimate of drug-likeness (QED) is 0.769. The van der Waals surface area contributed by atoms with Crippen molar-refractivity contribution in [2.24, 2.45) is 5.92 Å². The Kier molecular flexibility index (Phi) is 2.63. The second kappa shape index (κ2) is 3.92. The molecule has 0 aromatic carbocycles. The molecule has 1 heterocycles. The van der Waals surface area contributed by atoms with Crippen LogP contribution in [0.2, 0.25) is 0 Å². The Labute approximate surface area is 83.6 Å². The van der Waals surface area contributed by atoms with E-state index in [4.69, 9.17) is 5.11 Å². The van der Waals surface area contributed by atoms with E-state index in [1.807, 2.05) is 19.2 Å². The highest BCUT2D eigenvalue weighted by Gasteiger charge is 2.23. The molecule has 0 radical (unpaired) electrons. The van der Waals surface area contributed by atoms with Gasteiger partial charge in [0.05, 0.1) is 12.3 Å². The third-order valence-corrected chi connectivity index (χ3v) is 2.49. The summed E-state index contributed by atoms with van der Waals surface area (Å²) in [6, 6.07) is 3.71. The third-order valence-electron chi connectivity index (χ3n) is 2.49. The molecule has 1 N–H and O–H groups in total. The summed E-state index contributed by atoms with van der Waals surface area (Å²) >= 11 is 0. The van der Waals surface area contributed by atoms with Crippen LogP contribution in [0.4, 0.5) is 5.82 Å². The van der Waals surface area contributed by atoms with E-state index in [-0.39, 0.29) is 6.61 Å². The average Bonchev–Trinajstić information content (AvgIpc) is 3.02.